The Hall–Kier alpha value is -2.16. The van der Waals surface area contributed by atoms with Crippen LogP contribution in [0.15, 0.2) is 6.20 Å². The fourth-order valence-electron chi connectivity index (χ4n) is 2.16. The molecule has 0 aliphatic carbocycles. The van der Waals surface area contributed by atoms with Gasteiger partial charge in [-0.05, 0) is 20.0 Å². The number of aromatic carboxylic acids is 1. The number of urea groups is 1. The van der Waals surface area contributed by atoms with Crippen LogP contribution in [0.25, 0.3) is 0 Å². The van der Waals surface area contributed by atoms with Gasteiger partial charge in [-0.15, -0.1) is 5.10 Å². The van der Waals surface area contributed by atoms with Gasteiger partial charge < -0.3 is 20.2 Å². The highest BCUT2D eigenvalue weighted by Crippen LogP contribution is 2.21. The van der Waals surface area contributed by atoms with Crippen molar-refractivity contribution in [2.45, 2.75) is 12.5 Å². The average Bonchev–Trinajstić information content (AvgIpc) is 2.86. The Morgan fingerprint density at radius 1 is 1.52 bits per heavy atom. The van der Waals surface area contributed by atoms with E-state index in [9.17, 15) is 9.59 Å². The van der Waals surface area contributed by atoms with Crippen LogP contribution in [0.4, 0.5) is 4.79 Å². The van der Waals surface area contributed by atoms with Crippen LogP contribution in [-0.4, -0.2) is 82.2 Å². The molecule has 116 valence electrons. The molecule has 2 heterocycles. The van der Waals surface area contributed by atoms with Crippen LogP contribution >= 0.6 is 0 Å². The van der Waals surface area contributed by atoms with E-state index in [1.54, 1.807) is 16.8 Å². The second kappa shape index (κ2) is 6.53. The minimum Gasteiger partial charge on any atom is -0.476 e. The SMILES string of the molecule is CNCCCN(C)C(=O)N1CC(n2cc(C(=O)O)nn2)C1. The Morgan fingerprint density at radius 3 is 2.81 bits per heavy atom. The molecule has 0 spiro atoms. The molecule has 21 heavy (non-hydrogen) atoms. The van der Waals surface area contributed by atoms with E-state index in [-0.39, 0.29) is 17.8 Å². The van der Waals surface area contributed by atoms with Gasteiger partial charge in [-0.3, -0.25) is 0 Å². The molecule has 0 saturated carbocycles. The molecule has 0 bridgehead atoms. The molecular formula is C12H20N6O3. The van der Waals surface area contributed by atoms with E-state index in [1.165, 1.54) is 10.9 Å². The maximum atomic E-state index is 12.1. The summed E-state index contributed by atoms with van der Waals surface area (Å²) in [5.74, 6) is -1.10. The van der Waals surface area contributed by atoms with Crippen molar-refractivity contribution in [2.75, 3.05) is 40.3 Å². The Balaban J connectivity index is 1.79. The minimum atomic E-state index is -1.10. The van der Waals surface area contributed by atoms with Crippen molar-refractivity contribution >= 4 is 12.0 Å². The summed E-state index contributed by atoms with van der Waals surface area (Å²) in [6.45, 7) is 2.62. The van der Waals surface area contributed by atoms with Crippen LogP contribution in [0, 0.1) is 0 Å². The molecule has 0 unspecified atom stereocenters. The molecule has 1 fully saturated rings. The molecule has 2 N–H and O–H groups in total. The van der Waals surface area contributed by atoms with Gasteiger partial charge in [-0.1, -0.05) is 5.21 Å². The predicted molar refractivity (Wildman–Crippen MR) is 74.2 cm³/mol. The summed E-state index contributed by atoms with van der Waals surface area (Å²) in [5, 5.41) is 19.2. The standard InChI is InChI=1S/C12H20N6O3/c1-13-4-3-5-16(2)12(21)17-6-9(7-17)18-8-10(11(19)20)14-15-18/h8-9,13H,3-7H2,1-2H3,(H,19,20). The third-order valence-corrected chi connectivity index (χ3v) is 3.48. The van der Waals surface area contributed by atoms with Gasteiger partial charge in [0.1, 0.15) is 0 Å². The Kier molecular flexibility index (Phi) is 4.73. The highest BCUT2D eigenvalue weighted by atomic mass is 16.4. The molecule has 2 amide bonds. The average molecular weight is 296 g/mol. The third-order valence-electron chi connectivity index (χ3n) is 3.48. The van der Waals surface area contributed by atoms with Gasteiger partial charge in [-0.2, -0.15) is 0 Å². The third kappa shape index (κ3) is 3.48. The van der Waals surface area contributed by atoms with Gasteiger partial charge in [-0.25, -0.2) is 14.3 Å². The minimum absolute atomic E-state index is 0.000239. The monoisotopic (exact) mass is 296 g/mol. The van der Waals surface area contributed by atoms with Crippen molar-refractivity contribution in [2.24, 2.45) is 0 Å². The lowest BCUT2D eigenvalue weighted by Crippen LogP contribution is -2.54. The number of aromatic nitrogens is 3. The quantitative estimate of drug-likeness (QED) is 0.686. The van der Waals surface area contributed by atoms with Gasteiger partial charge in [0.2, 0.25) is 0 Å². The molecule has 1 aromatic rings. The van der Waals surface area contributed by atoms with E-state index in [1.807, 2.05) is 7.05 Å². The number of nitrogens with zero attached hydrogens (tertiary/aromatic N) is 5. The molecule has 1 aromatic heterocycles. The molecule has 1 aliphatic rings. The summed E-state index contributed by atoms with van der Waals surface area (Å²) < 4.78 is 1.51. The fourth-order valence-corrected chi connectivity index (χ4v) is 2.16. The number of carboxylic acids is 1. The molecular weight excluding hydrogens is 276 g/mol. The number of hydrogen-bond acceptors (Lipinski definition) is 5. The van der Waals surface area contributed by atoms with E-state index < -0.39 is 5.97 Å². The summed E-state index contributed by atoms with van der Waals surface area (Å²) >= 11 is 0. The van der Waals surface area contributed by atoms with Crippen molar-refractivity contribution in [1.29, 1.82) is 0 Å². The number of amides is 2. The first-order valence-corrected chi connectivity index (χ1v) is 6.82. The van der Waals surface area contributed by atoms with Crippen LogP contribution in [0.2, 0.25) is 0 Å². The number of rotatable bonds is 6. The van der Waals surface area contributed by atoms with Gasteiger partial charge in [0.25, 0.3) is 0 Å². The lowest BCUT2D eigenvalue weighted by Gasteiger charge is -2.40. The highest BCUT2D eigenvalue weighted by Gasteiger charge is 2.34. The second-order valence-corrected chi connectivity index (χ2v) is 5.11. The van der Waals surface area contributed by atoms with Crippen LogP contribution in [0.5, 0.6) is 0 Å². The van der Waals surface area contributed by atoms with Crippen molar-refractivity contribution in [3.05, 3.63) is 11.9 Å². The van der Waals surface area contributed by atoms with E-state index in [0.29, 0.717) is 19.6 Å². The lowest BCUT2D eigenvalue weighted by atomic mass is 10.1. The van der Waals surface area contributed by atoms with Crippen LogP contribution in [0.1, 0.15) is 23.0 Å². The van der Waals surface area contributed by atoms with E-state index in [4.69, 9.17) is 5.11 Å². The largest absolute Gasteiger partial charge is 0.476 e. The normalized spacial score (nSPS) is 14.9. The zero-order chi connectivity index (χ0) is 15.4. The van der Waals surface area contributed by atoms with Crippen LogP contribution in [-0.2, 0) is 0 Å². The first-order chi connectivity index (χ1) is 10.0. The van der Waals surface area contributed by atoms with E-state index >= 15 is 0 Å². The van der Waals surface area contributed by atoms with E-state index in [2.05, 4.69) is 15.6 Å². The first-order valence-electron chi connectivity index (χ1n) is 6.82. The molecule has 2 rings (SSSR count). The number of hydrogen-bond donors (Lipinski definition) is 2. The Labute approximate surface area is 122 Å². The Morgan fingerprint density at radius 2 is 2.24 bits per heavy atom. The number of likely N-dealkylation sites (tertiary alicyclic amines) is 1. The van der Waals surface area contributed by atoms with E-state index in [0.717, 1.165) is 13.0 Å². The molecule has 1 aliphatic heterocycles. The predicted octanol–water partition coefficient (Wildman–Crippen LogP) is -0.506. The molecule has 0 atom stereocenters. The zero-order valence-electron chi connectivity index (χ0n) is 12.2. The highest BCUT2D eigenvalue weighted by molar-refractivity contribution is 5.84. The van der Waals surface area contributed by atoms with Crippen LogP contribution in [0.3, 0.4) is 0 Å². The Bertz CT molecular complexity index is 511. The smallest absolute Gasteiger partial charge is 0.358 e. The maximum absolute atomic E-state index is 12.1. The fraction of sp³-hybridized carbons (Fsp3) is 0.667. The molecule has 0 radical (unpaired) electrons. The summed E-state index contributed by atoms with van der Waals surface area (Å²) in [6.07, 6.45) is 2.30. The van der Waals surface area contributed by atoms with Crippen molar-refractivity contribution in [3.8, 4) is 0 Å². The first kappa shape index (κ1) is 15.2. The summed E-state index contributed by atoms with van der Waals surface area (Å²) in [5.41, 5.74) is -0.0797. The van der Waals surface area contributed by atoms with Crippen molar-refractivity contribution < 1.29 is 14.7 Å². The van der Waals surface area contributed by atoms with Crippen LogP contribution < -0.4 is 5.32 Å². The zero-order valence-corrected chi connectivity index (χ0v) is 12.2. The van der Waals surface area contributed by atoms with Gasteiger partial charge in [0.15, 0.2) is 5.69 Å². The van der Waals surface area contributed by atoms with Gasteiger partial charge in [0, 0.05) is 26.7 Å². The summed E-state index contributed by atoms with van der Waals surface area (Å²) in [7, 11) is 3.66. The number of carbonyl (C=O) groups excluding carboxylic acids is 1. The molecule has 9 heteroatoms. The second-order valence-electron chi connectivity index (χ2n) is 5.11. The maximum Gasteiger partial charge on any atom is 0.358 e. The number of carbonyl (C=O) groups is 2. The lowest BCUT2D eigenvalue weighted by molar-refractivity contribution is 0.0689. The molecule has 0 aromatic carbocycles. The number of nitrogens with one attached hydrogen (secondary N) is 1. The summed E-state index contributed by atoms with van der Waals surface area (Å²) in [4.78, 5) is 26.2. The topological polar surface area (TPSA) is 104 Å². The molecule has 9 nitrogen and oxygen atoms in total. The van der Waals surface area contributed by atoms with Crippen molar-refractivity contribution in [3.63, 3.8) is 0 Å². The molecule has 1 saturated heterocycles. The van der Waals surface area contributed by atoms with Gasteiger partial charge >= 0.3 is 12.0 Å². The number of carboxylic acid groups (broad SMARTS) is 1. The summed E-state index contributed by atoms with van der Waals surface area (Å²) in [6, 6.07) is -0.0128. The van der Waals surface area contributed by atoms with Gasteiger partial charge in [0.05, 0.1) is 12.2 Å². The van der Waals surface area contributed by atoms with Crippen molar-refractivity contribution in [1.82, 2.24) is 30.1 Å².